The van der Waals surface area contributed by atoms with Gasteiger partial charge in [-0.05, 0) is 0 Å². The van der Waals surface area contributed by atoms with Gasteiger partial charge in [0.2, 0.25) is 0 Å². The van der Waals surface area contributed by atoms with Crippen LogP contribution in [0.3, 0.4) is 0 Å². The molecule has 1 amide bonds. The van der Waals surface area contributed by atoms with Crippen molar-refractivity contribution in [2.24, 2.45) is 0 Å². The highest BCUT2D eigenvalue weighted by atomic mass is 32.2. The number of nitrogens with one attached hydrogen (secondary N) is 2. The van der Waals surface area contributed by atoms with Crippen molar-refractivity contribution in [1.82, 2.24) is 14.7 Å². The molecule has 0 atom stereocenters. The average Bonchev–Trinajstić information content (AvgIpc) is 2.61. The van der Waals surface area contributed by atoms with E-state index >= 15 is 0 Å². The molecule has 0 fully saturated rings. The van der Waals surface area contributed by atoms with Crippen molar-refractivity contribution in [2.45, 2.75) is 0 Å². The minimum absolute atomic E-state index is 0.0617. The smallest absolute Gasteiger partial charge is 0.266 e. The molecular weight excluding hydrogens is 340 g/mol. The maximum absolute atomic E-state index is 12.1. The summed E-state index contributed by atoms with van der Waals surface area (Å²) >= 11 is 0. The number of carbonyl (C=O) groups is 1. The molecule has 0 spiro atoms. The molecule has 0 aliphatic carbocycles. The highest BCUT2D eigenvalue weighted by Crippen LogP contribution is 2.32. The fourth-order valence-electron chi connectivity index (χ4n) is 2.58. The van der Waals surface area contributed by atoms with Gasteiger partial charge in [0.25, 0.3) is 5.91 Å². The summed E-state index contributed by atoms with van der Waals surface area (Å²) in [6.45, 7) is 0. The standard InChI is InChI=1S/C17H12N4O3S/c22-17-15-16(20-25(23,24)21-17)19-14(12-9-5-2-6-10-12)13(18-15)11-7-3-1-4-8-11/h1-10H,(H,19,20)(H,21,22). The molecule has 0 saturated heterocycles. The Kier molecular flexibility index (Phi) is 3.47. The molecule has 1 aliphatic heterocycles. The second-order valence-electron chi connectivity index (χ2n) is 5.39. The molecule has 8 heteroatoms. The molecule has 124 valence electrons. The molecule has 2 N–H and O–H groups in total. The van der Waals surface area contributed by atoms with E-state index in [4.69, 9.17) is 0 Å². The van der Waals surface area contributed by atoms with E-state index in [0.717, 1.165) is 11.1 Å². The van der Waals surface area contributed by atoms with Crippen molar-refractivity contribution in [3.8, 4) is 22.5 Å². The van der Waals surface area contributed by atoms with Crippen LogP contribution in [0.2, 0.25) is 0 Å². The molecule has 0 saturated carbocycles. The Morgan fingerprint density at radius 3 is 1.76 bits per heavy atom. The largest absolute Gasteiger partial charge is 0.325 e. The lowest BCUT2D eigenvalue weighted by Gasteiger charge is -2.19. The van der Waals surface area contributed by atoms with Crippen molar-refractivity contribution >= 4 is 21.9 Å². The number of carbonyl (C=O) groups excluding carboxylic acids is 1. The molecule has 0 unspecified atom stereocenters. The van der Waals surface area contributed by atoms with Crippen molar-refractivity contribution in [1.29, 1.82) is 0 Å². The molecular formula is C17H12N4O3S. The van der Waals surface area contributed by atoms with Crippen molar-refractivity contribution < 1.29 is 13.2 Å². The maximum Gasteiger partial charge on any atom is 0.325 e. The fraction of sp³-hybridized carbons (Fsp3) is 0. The van der Waals surface area contributed by atoms with Crippen molar-refractivity contribution in [3.63, 3.8) is 0 Å². The lowest BCUT2D eigenvalue weighted by molar-refractivity contribution is 0.0976. The summed E-state index contributed by atoms with van der Waals surface area (Å²) in [5, 5.41) is 0. The molecule has 3 aromatic rings. The number of aromatic nitrogens is 2. The van der Waals surface area contributed by atoms with Crippen LogP contribution in [-0.4, -0.2) is 24.3 Å². The van der Waals surface area contributed by atoms with Crippen molar-refractivity contribution in [3.05, 3.63) is 66.4 Å². The number of amides is 1. The van der Waals surface area contributed by atoms with E-state index in [1.807, 2.05) is 65.4 Å². The normalized spacial score (nSPS) is 15.0. The van der Waals surface area contributed by atoms with Gasteiger partial charge in [-0.3, -0.25) is 4.79 Å². The van der Waals surface area contributed by atoms with E-state index < -0.39 is 16.1 Å². The Balaban J connectivity index is 2.00. The van der Waals surface area contributed by atoms with E-state index in [9.17, 15) is 13.2 Å². The van der Waals surface area contributed by atoms with Crippen LogP contribution in [-0.2, 0) is 10.2 Å². The maximum atomic E-state index is 12.1. The fourth-order valence-corrected chi connectivity index (χ4v) is 3.37. The highest BCUT2D eigenvalue weighted by molar-refractivity contribution is 7.91. The number of hydrogen-bond acceptors (Lipinski definition) is 5. The summed E-state index contributed by atoms with van der Waals surface area (Å²) in [6, 6.07) is 18.6. The number of hydrogen-bond donors (Lipinski definition) is 2. The Morgan fingerprint density at radius 1 is 0.680 bits per heavy atom. The van der Waals surface area contributed by atoms with Gasteiger partial charge in [-0.25, -0.2) is 19.4 Å². The lowest BCUT2D eigenvalue weighted by atomic mass is 10.0. The van der Waals surface area contributed by atoms with Crippen LogP contribution in [0.5, 0.6) is 0 Å². The Hall–Kier alpha value is -3.26. The Bertz CT molecular complexity index is 1070. The predicted molar refractivity (Wildman–Crippen MR) is 92.9 cm³/mol. The van der Waals surface area contributed by atoms with Crippen LogP contribution < -0.4 is 9.44 Å². The summed E-state index contributed by atoms with van der Waals surface area (Å²) in [6.07, 6.45) is 0. The lowest BCUT2D eigenvalue weighted by Crippen LogP contribution is -2.41. The van der Waals surface area contributed by atoms with E-state index in [0.29, 0.717) is 11.4 Å². The molecule has 2 heterocycles. The van der Waals surface area contributed by atoms with Gasteiger partial charge in [0.1, 0.15) is 0 Å². The molecule has 2 aromatic carbocycles. The second kappa shape index (κ2) is 5.67. The minimum atomic E-state index is -3.97. The van der Waals surface area contributed by atoms with Crippen LogP contribution >= 0.6 is 0 Å². The number of anilines is 1. The topological polar surface area (TPSA) is 101 Å². The summed E-state index contributed by atoms with van der Waals surface area (Å²) in [5.41, 5.74) is 2.47. The van der Waals surface area contributed by atoms with Crippen LogP contribution in [0.25, 0.3) is 22.5 Å². The first-order chi connectivity index (χ1) is 12.0. The Labute approximate surface area is 144 Å². The summed E-state index contributed by atoms with van der Waals surface area (Å²) in [7, 11) is -3.97. The van der Waals surface area contributed by atoms with Gasteiger partial charge in [0.15, 0.2) is 11.5 Å². The average molecular weight is 352 g/mol. The van der Waals surface area contributed by atoms with Gasteiger partial charge in [-0.15, -0.1) is 0 Å². The third-order valence-electron chi connectivity index (χ3n) is 3.66. The van der Waals surface area contributed by atoms with Gasteiger partial charge in [-0.1, -0.05) is 60.7 Å². The van der Waals surface area contributed by atoms with E-state index in [1.165, 1.54) is 0 Å². The third kappa shape index (κ3) is 2.83. The number of rotatable bonds is 2. The zero-order valence-electron chi connectivity index (χ0n) is 12.8. The van der Waals surface area contributed by atoms with Crippen molar-refractivity contribution in [2.75, 3.05) is 4.72 Å². The zero-order valence-corrected chi connectivity index (χ0v) is 13.6. The number of fused-ring (bicyclic) bond motifs is 1. The van der Waals surface area contributed by atoms with Gasteiger partial charge in [-0.2, -0.15) is 8.42 Å². The Morgan fingerprint density at radius 2 is 1.20 bits per heavy atom. The van der Waals surface area contributed by atoms with Crippen LogP contribution in [0.1, 0.15) is 10.5 Å². The molecule has 25 heavy (non-hydrogen) atoms. The zero-order chi connectivity index (χ0) is 17.4. The van der Waals surface area contributed by atoms with Crippen LogP contribution in [0.4, 0.5) is 5.82 Å². The minimum Gasteiger partial charge on any atom is -0.266 e. The molecule has 7 nitrogen and oxygen atoms in total. The van der Waals surface area contributed by atoms with E-state index in [2.05, 4.69) is 14.7 Å². The summed E-state index contributed by atoms with van der Waals surface area (Å²) < 4.78 is 27.5. The quantitative estimate of drug-likeness (QED) is 0.736. The number of benzene rings is 2. The molecule has 0 bridgehead atoms. The SMILES string of the molecule is O=C1NS(=O)(=O)Nc2nc(-c3ccccc3)c(-c3ccccc3)nc21. The van der Waals surface area contributed by atoms with E-state index in [-0.39, 0.29) is 11.5 Å². The van der Waals surface area contributed by atoms with Gasteiger partial charge in [0, 0.05) is 11.1 Å². The van der Waals surface area contributed by atoms with Gasteiger partial charge < -0.3 is 0 Å². The van der Waals surface area contributed by atoms with Crippen LogP contribution in [0, 0.1) is 0 Å². The second-order valence-corrected chi connectivity index (χ2v) is 6.80. The summed E-state index contributed by atoms with van der Waals surface area (Å²) in [4.78, 5) is 20.9. The number of nitrogens with zero attached hydrogens (tertiary/aromatic N) is 2. The van der Waals surface area contributed by atoms with E-state index in [1.54, 1.807) is 0 Å². The monoisotopic (exact) mass is 352 g/mol. The highest BCUT2D eigenvalue weighted by Gasteiger charge is 2.30. The molecule has 1 aromatic heterocycles. The van der Waals surface area contributed by atoms with Gasteiger partial charge in [0.05, 0.1) is 11.4 Å². The van der Waals surface area contributed by atoms with Crippen LogP contribution in [0.15, 0.2) is 60.7 Å². The first kappa shape index (κ1) is 15.3. The molecule has 4 rings (SSSR count). The summed E-state index contributed by atoms with van der Waals surface area (Å²) in [5.74, 6) is -0.889. The predicted octanol–water partition coefficient (Wildman–Crippen LogP) is 2.21. The molecule has 0 radical (unpaired) electrons. The van der Waals surface area contributed by atoms with Gasteiger partial charge >= 0.3 is 10.2 Å². The molecule has 1 aliphatic rings. The first-order valence-corrected chi connectivity index (χ1v) is 8.89. The third-order valence-corrected chi connectivity index (χ3v) is 4.58. The first-order valence-electron chi connectivity index (χ1n) is 7.41.